The summed E-state index contributed by atoms with van der Waals surface area (Å²) in [5.74, 6) is 0.930. The van der Waals surface area contributed by atoms with Gasteiger partial charge < -0.3 is 9.16 Å². The second-order valence-corrected chi connectivity index (χ2v) is 6.29. The van der Waals surface area contributed by atoms with Crippen molar-refractivity contribution in [3.05, 3.63) is 0 Å². The Bertz CT molecular complexity index is 232. The van der Waals surface area contributed by atoms with E-state index in [9.17, 15) is 0 Å². The second-order valence-electron chi connectivity index (χ2n) is 5.88. The predicted molar refractivity (Wildman–Crippen MR) is 74.2 cm³/mol. The van der Waals surface area contributed by atoms with Gasteiger partial charge in [-0.15, -0.1) is 0 Å². The largest absolute Gasteiger partial charge is 0.422 e. The molecule has 0 radical (unpaired) electrons. The van der Waals surface area contributed by atoms with Gasteiger partial charge in [-0.1, -0.05) is 26.7 Å². The molecule has 0 aromatic heterocycles. The van der Waals surface area contributed by atoms with Crippen LogP contribution in [0.2, 0.25) is 0 Å². The molecule has 2 nitrogen and oxygen atoms in total. The van der Waals surface area contributed by atoms with Crippen molar-refractivity contribution < 1.29 is 9.16 Å². The van der Waals surface area contributed by atoms with Crippen molar-refractivity contribution in [3.63, 3.8) is 0 Å². The molecule has 2 fully saturated rings. The summed E-state index contributed by atoms with van der Waals surface area (Å²) in [7, 11) is 0.875. The monoisotopic (exact) mass is 256 g/mol. The summed E-state index contributed by atoms with van der Waals surface area (Å²) in [4.78, 5) is 0. The molecule has 0 bridgehead atoms. The fourth-order valence-electron chi connectivity index (χ4n) is 3.46. The lowest BCUT2D eigenvalue weighted by molar-refractivity contribution is 0.0566. The fraction of sp³-hybridized carbons (Fsp3) is 1.00. The van der Waals surface area contributed by atoms with Gasteiger partial charge in [-0.25, -0.2) is 0 Å². The van der Waals surface area contributed by atoms with Crippen LogP contribution in [0.3, 0.4) is 0 Å². The van der Waals surface area contributed by atoms with Crippen molar-refractivity contribution in [1.29, 1.82) is 0 Å². The zero-order valence-electron chi connectivity index (χ0n) is 11.7. The molecule has 1 saturated carbocycles. The summed E-state index contributed by atoms with van der Waals surface area (Å²) < 4.78 is 11.5. The van der Waals surface area contributed by atoms with Crippen LogP contribution < -0.4 is 0 Å². The lowest BCUT2D eigenvalue weighted by atomic mass is 9.83. The number of rotatable bonds is 7. The highest BCUT2D eigenvalue weighted by atomic mass is 28.2. The van der Waals surface area contributed by atoms with Crippen LogP contribution in [0.25, 0.3) is 0 Å². The van der Waals surface area contributed by atoms with Gasteiger partial charge in [0.1, 0.15) is 10.5 Å². The van der Waals surface area contributed by atoms with Crippen LogP contribution in [0.5, 0.6) is 0 Å². The summed E-state index contributed by atoms with van der Waals surface area (Å²) in [6, 6.07) is 0. The van der Waals surface area contributed by atoms with Gasteiger partial charge in [-0.3, -0.25) is 0 Å². The highest BCUT2D eigenvalue weighted by Crippen LogP contribution is 2.41. The predicted octanol–water partition coefficient (Wildman–Crippen LogP) is 2.58. The van der Waals surface area contributed by atoms with Crippen molar-refractivity contribution in [2.75, 3.05) is 0 Å². The van der Waals surface area contributed by atoms with Crippen molar-refractivity contribution in [2.24, 2.45) is 5.92 Å². The first-order chi connectivity index (χ1) is 8.23. The Kier molecular flexibility index (Phi) is 4.67. The molecule has 0 spiro atoms. The van der Waals surface area contributed by atoms with Gasteiger partial charge in [0.15, 0.2) is 0 Å². The van der Waals surface area contributed by atoms with E-state index in [0.717, 1.165) is 16.4 Å². The first-order valence-corrected chi connectivity index (χ1v) is 8.25. The van der Waals surface area contributed by atoms with Crippen LogP contribution >= 0.6 is 0 Å². The number of epoxide rings is 1. The lowest BCUT2D eigenvalue weighted by Gasteiger charge is -2.32. The Morgan fingerprint density at radius 1 is 1.24 bits per heavy atom. The smallest absolute Gasteiger partial charge is 0.146 e. The topological polar surface area (TPSA) is 21.8 Å². The van der Waals surface area contributed by atoms with E-state index in [1.54, 1.807) is 0 Å². The Morgan fingerprint density at radius 3 is 2.59 bits per heavy atom. The average Bonchev–Trinajstić information content (AvgIpc) is 3.14. The zero-order valence-corrected chi connectivity index (χ0v) is 13.7. The van der Waals surface area contributed by atoms with Crippen molar-refractivity contribution in [3.8, 4) is 0 Å². The van der Waals surface area contributed by atoms with Gasteiger partial charge in [0.25, 0.3) is 0 Å². The molecule has 3 atom stereocenters. The molecule has 1 aliphatic heterocycles. The lowest BCUT2D eigenvalue weighted by Crippen LogP contribution is -2.30. The van der Waals surface area contributed by atoms with Crippen molar-refractivity contribution in [2.45, 2.75) is 83.0 Å². The minimum absolute atomic E-state index is 0.208. The molecule has 17 heavy (non-hydrogen) atoms. The molecule has 1 heterocycles. The van der Waals surface area contributed by atoms with E-state index in [1.807, 2.05) is 0 Å². The third-order valence-electron chi connectivity index (χ3n) is 5.08. The Labute approximate surface area is 109 Å². The molecule has 100 valence electrons. The Balaban J connectivity index is 1.67. The van der Waals surface area contributed by atoms with Crippen molar-refractivity contribution in [1.82, 2.24) is 0 Å². The molecule has 2 rings (SSSR count). The second kappa shape index (κ2) is 5.85. The molecule has 3 heteroatoms. The highest BCUT2D eigenvalue weighted by Gasteiger charge is 2.43. The van der Waals surface area contributed by atoms with Crippen LogP contribution in [0.15, 0.2) is 0 Å². The van der Waals surface area contributed by atoms with Gasteiger partial charge in [0.2, 0.25) is 0 Å². The molecule has 2 aliphatic rings. The maximum absolute atomic E-state index is 5.87. The molecule has 0 aromatic carbocycles. The molecular formula is C14H28O2Si. The highest BCUT2D eigenvalue weighted by molar-refractivity contribution is 5.98. The first-order valence-electron chi connectivity index (χ1n) is 7.43. The van der Waals surface area contributed by atoms with E-state index in [4.69, 9.17) is 9.16 Å². The molecule has 0 aromatic rings. The van der Waals surface area contributed by atoms with Crippen LogP contribution in [0, 0.1) is 5.92 Å². The number of ether oxygens (including phenoxy) is 1. The van der Waals surface area contributed by atoms with E-state index in [0.29, 0.717) is 12.2 Å². The minimum atomic E-state index is 0.208. The summed E-state index contributed by atoms with van der Waals surface area (Å²) in [5.41, 5.74) is 0.208. The molecule has 1 aliphatic carbocycles. The summed E-state index contributed by atoms with van der Waals surface area (Å²) in [6.07, 6.45) is 11.7. The van der Waals surface area contributed by atoms with Gasteiger partial charge in [-0.05, 0) is 44.4 Å². The number of hydrogen-bond donors (Lipinski definition) is 0. The van der Waals surface area contributed by atoms with Gasteiger partial charge in [0.05, 0.1) is 17.8 Å². The third kappa shape index (κ3) is 3.33. The molecule has 0 N–H and O–H groups in total. The van der Waals surface area contributed by atoms with Crippen LogP contribution in [0.4, 0.5) is 0 Å². The number of hydrogen-bond acceptors (Lipinski definition) is 2. The van der Waals surface area contributed by atoms with Crippen LogP contribution in [-0.4, -0.2) is 28.3 Å². The normalized spacial score (nSPS) is 32.5. The Hall–Kier alpha value is 0.137. The summed E-state index contributed by atoms with van der Waals surface area (Å²) in [5, 5.41) is 0. The summed E-state index contributed by atoms with van der Waals surface area (Å²) >= 11 is 0. The maximum Gasteiger partial charge on any atom is 0.146 e. The maximum atomic E-state index is 5.87. The van der Waals surface area contributed by atoms with Crippen LogP contribution in [-0.2, 0) is 9.16 Å². The standard InChI is InChI=1S/C14H28O2Si/c1-3-14(4-2,16-17)9-5-6-11-7-8-12-13(10-11)15-12/h11-13H,3-10H2,1-2,17H3. The van der Waals surface area contributed by atoms with E-state index < -0.39 is 0 Å². The summed E-state index contributed by atoms with van der Waals surface area (Å²) in [6.45, 7) is 4.54. The van der Waals surface area contributed by atoms with E-state index >= 15 is 0 Å². The quantitative estimate of drug-likeness (QED) is 0.516. The molecular weight excluding hydrogens is 228 g/mol. The zero-order chi connectivity index (χ0) is 12.3. The fourth-order valence-corrected chi connectivity index (χ4v) is 4.24. The number of fused-ring (bicyclic) bond motifs is 1. The molecule has 3 unspecified atom stereocenters. The van der Waals surface area contributed by atoms with Gasteiger partial charge in [-0.2, -0.15) is 0 Å². The SMILES string of the molecule is CCC(CC)(CCCC1CCC2OC2C1)O[SiH3]. The third-order valence-corrected chi connectivity index (χ3v) is 5.95. The molecule has 1 saturated heterocycles. The first kappa shape index (κ1) is 13.6. The van der Waals surface area contributed by atoms with Gasteiger partial charge in [0, 0.05) is 0 Å². The van der Waals surface area contributed by atoms with Gasteiger partial charge >= 0.3 is 0 Å². The minimum Gasteiger partial charge on any atom is -0.422 e. The van der Waals surface area contributed by atoms with Crippen LogP contribution in [0.1, 0.15) is 65.2 Å². The van der Waals surface area contributed by atoms with Crippen molar-refractivity contribution >= 4 is 10.5 Å². The average molecular weight is 256 g/mol. The molecule has 0 amide bonds. The Morgan fingerprint density at radius 2 is 2.00 bits per heavy atom. The van der Waals surface area contributed by atoms with E-state index in [2.05, 4.69) is 13.8 Å². The van der Waals surface area contributed by atoms with E-state index in [1.165, 1.54) is 51.4 Å². The van der Waals surface area contributed by atoms with E-state index in [-0.39, 0.29) is 5.60 Å².